The summed E-state index contributed by atoms with van der Waals surface area (Å²) in [7, 11) is 0. The summed E-state index contributed by atoms with van der Waals surface area (Å²) in [6.45, 7) is 9.02. The number of hydrogen-bond acceptors (Lipinski definition) is 8. The molecule has 0 amide bonds. The minimum absolute atomic E-state index is 0. The zero-order valence-electron chi connectivity index (χ0n) is 54.0. The van der Waals surface area contributed by atoms with Crippen molar-refractivity contribution in [2.24, 2.45) is 0 Å². The molecular weight excluding hydrogens is 1110 g/mol. The molecule has 0 unspecified atom stereocenters. The number of carbonyl (C=O) groups excluding carboxylic acids is 4. The standard InChI is InChI=1S/4C18H34O2.Sn/c4*1-2-3-4-5-6-7-8-9-10-11-12-13-14-15-16-17-18(19)20;/h4*9-10H,2-8,11-17H2,1H3,(H,19,20);/q;;;;+4/p-4/b3*10-9+;10-9-;. The van der Waals surface area contributed by atoms with Gasteiger partial charge in [0.25, 0.3) is 0 Å². The maximum absolute atomic E-state index is 10.2. The average molecular weight is 1240 g/mol. The van der Waals surface area contributed by atoms with Crippen LogP contribution in [0.1, 0.15) is 387 Å². The van der Waals surface area contributed by atoms with E-state index in [2.05, 4.69) is 76.3 Å². The van der Waals surface area contributed by atoms with E-state index in [0.29, 0.717) is 0 Å². The van der Waals surface area contributed by atoms with E-state index in [1.165, 1.54) is 257 Å². The molecule has 0 rings (SSSR count). The maximum atomic E-state index is 10.2. The molecule has 0 radical (unpaired) electrons. The van der Waals surface area contributed by atoms with Gasteiger partial charge in [0.05, 0.1) is 0 Å². The largest absolute Gasteiger partial charge is 4.00 e. The fourth-order valence-electron chi connectivity index (χ4n) is 9.36. The van der Waals surface area contributed by atoms with Crippen molar-refractivity contribution in [2.75, 3.05) is 0 Å². The number of allylic oxidation sites excluding steroid dienone is 8. The van der Waals surface area contributed by atoms with Crippen LogP contribution in [-0.2, 0) is 19.2 Å². The van der Waals surface area contributed by atoms with E-state index in [1.54, 1.807) is 0 Å². The molecule has 0 saturated carbocycles. The minimum Gasteiger partial charge on any atom is -0.550 e. The van der Waals surface area contributed by atoms with Crippen LogP contribution in [0.3, 0.4) is 0 Å². The molecule has 0 aliphatic heterocycles. The van der Waals surface area contributed by atoms with Gasteiger partial charge in [0, 0.05) is 23.9 Å². The molecule has 0 N–H and O–H groups in total. The summed E-state index contributed by atoms with van der Waals surface area (Å²) in [6, 6.07) is 0. The number of rotatable bonds is 60. The third kappa shape index (κ3) is 103. The van der Waals surface area contributed by atoms with E-state index in [-0.39, 0.29) is 49.6 Å². The Labute approximate surface area is 520 Å². The monoisotopic (exact) mass is 1240 g/mol. The molecule has 0 heterocycles. The Bertz CT molecular complexity index is 1140. The van der Waals surface area contributed by atoms with Gasteiger partial charge in [0.1, 0.15) is 0 Å². The Morgan fingerprint density at radius 2 is 0.309 bits per heavy atom. The first-order valence-electron chi connectivity index (χ1n) is 34.5. The second kappa shape index (κ2) is 84.1. The van der Waals surface area contributed by atoms with Gasteiger partial charge in [-0.15, -0.1) is 0 Å². The number of carboxylic acids is 4. The van der Waals surface area contributed by atoms with Crippen LogP contribution < -0.4 is 20.4 Å². The summed E-state index contributed by atoms with van der Waals surface area (Å²) in [4.78, 5) is 40.9. The molecule has 0 aromatic heterocycles. The fourth-order valence-corrected chi connectivity index (χ4v) is 9.36. The molecule has 0 saturated heterocycles. The van der Waals surface area contributed by atoms with Crippen molar-refractivity contribution in [1.29, 1.82) is 0 Å². The van der Waals surface area contributed by atoms with E-state index in [0.717, 1.165) is 77.0 Å². The third-order valence-corrected chi connectivity index (χ3v) is 14.6. The van der Waals surface area contributed by atoms with E-state index >= 15 is 0 Å². The molecule has 0 aromatic rings. The van der Waals surface area contributed by atoms with Gasteiger partial charge in [-0.25, -0.2) is 0 Å². The number of aliphatic carboxylic acids is 4. The predicted octanol–water partition coefficient (Wildman–Crippen LogP) is 18.7. The first-order chi connectivity index (χ1) is 39.1. The second-order valence-corrected chi connectivity index (χ2v) is 22.8. The van der Waals surface area contributed by atoms with Crippen LogP contribution in [0.4, 0.5) is 0 Å². The Morgan fingerprint density at radius 3 is 0.432 bits per heavy atom. The zero-order valence-corrected chi connectivity index (χ0v) is 56.8. The maximum Gasteiger partial charge on any atom is 4.00 e. The van der Waals surface area contributed by atoms with Crippen LogP contribution in [0.2, 0.25) is 0 Å². The topological polar surface area (TPSA) is 161 Å². The van der Waals surface area contributed by atoms with Crippen molar-refractivity contribution in [3.8, 4) is 0 Å². The van der Waals surface area contributed by atoms with Crippen molar-refractivity contribution in [3.63, 3.8) is 0 Å². The zero-order chi connectivity index (χ0) is 59.6. The summed E-state index contributed by atoms with van der Waals surface area (Å²) >= 11 is 0. The number of carboxylic acid groups (broad SMARTS) is 4. The SMILES string of the molecule is CCCCCCCC/C=C/CCCCCCCC(=O)[O-].CCCCCCCC/C=C/CCCCCCCC(=O)[O-].CCCCCCCC/C=C/CCCCCCCC(=O)[O-].CCCCCCCC/C=C\CCCCCCCC(=O)[O-].[Sn+4]. The number of hydrogen-bond donors (Lipinski definition) is 0. The fraction of sp³-hybridized carbons (Fsp3) is 0.833. The van der Waals surface area contributed by atoms with Gasteiger partial charge in [0.2, 0.25) is 0 Å². The van der Waals surface area contributed by atoms with Gasteiger partial charge in [-0.2, -0.15) is 0 Å². The molecule has 0 fully saturated rings. The molecular formula is C72H132O8Sn. The van der Waals surface area contributed by atoms with Crippen molar-refractivity contribution < 1.29 is 39.6 Å². The third-order valence-electron chi connectivity index (χ3n) is 14.6. The number of unbranched alkanes of at least 4 members (excludes halogenated alkanes) is 44. The first-order valence-corrected chi connectivity index (χ1v) is 34.5. The smallest absolute Gasteiger partial charge is 0.550 e. The molecule has 0 atom stereocenters. The summed E-state index contributed by atoms with van der Waals surface area (Å²) in [6.07, 6.45) is 83.6. The molecule has 0 aliphatic rings. The summed E-state index contributed by atoms with van der Waals surface area (Å²) in [5.41, 5.74) is 0. The van der Waals surface area contributed by atoms with Crippen LogP contribution in [0.25, 0.3) is 0 Å². The Hall–Kier alpha value is -2.36. The van der Waals surface area contributed by atoms with Crippen LogP contribution in [0.15, 0.2) is 48.6 Å². The van der Waals surface area contributed by atoms with E-state index in [9.17, 15) is 39.6 Å². The molecule has 8 nitrogen and oxygen atoms in total. The molecule has 9 heteroatoms. The van der Waals surface area contributed by atoms with Gasteiger partial charge in [-0.1, -0.05) is 282 Å². The first kappa shape index (κ1) is 87.4. The van der Waals surface area contributed by atoms with Crippen LogP contribution in [0, 0.1) is 0 Å². The van der Waals surface area contributed by atoms with Crippen LogP contribution in [-0.4, -0.2) is 47.8 Å². The van der Waals surface area contributed by atoms with Crippen molar-refractivity contribution in [1.82, 2.24) is 0 Å². The molecule has 0 aliphatic carbocycles. The summed E-state index contributed by atoms with van der Waals surface area (Å²) < 4.78 is 0. The van der Waals surface area contributed by atoms with Gasteiger partial charge in [-0.05, 0) is 154 Å². The molecule has 0 aromatic carbocycles. The van der Waals surface area contributed by atoms with Gasteiger partial charge >= 0.3 is 23.9 Å². The quantitative estimate of drug-likeness (QED) is 0.0330. The van der Waals surface area contributed by atoms with Crippen molar-refractivity contribution in [3.05, 3.63) is 48.6 Å². The molecule has 472 valence electrons. The van der Waals surface area contributed by atoms with Gasteiger partial charge in [-0.3, -0.25) is 0 Å². The molecule has 81 heavy (non-hydrogen) atoms. The number of carbonyl (C=O) groups is 4. The molecule has 0 bridgehead atoms. The van der Waals surface area contributed by atoms with Crippen LogP contribution in [0.5, 0.6) is 0 Å². The average Bonchev–Trinajstić information content (AvgIpc) is 3.43. The van der Waals surface area contributed by atoms with E-state index in [1.807, 2.05) is 0 Å². The second-order valence-electron chi connectivity index (χ2n) is 22.8. The van der Waals surface area contributed by atoms with Gasteiger partial charge < -0.3 is 39.6 Å². The molecule has 0 spiro atoms. The Balaban J connectivity index is -0.000000316. The Morgan fingerprint density at radius 1 is 0.198 bits per heavy atom. The van der Waals surface area contributed by atoms with Crippen molar-refractivity contribution in [2.45, 2.75) is 387 Å². The minimum atomic E-state index is -0.914. The predicted molar refractivity (Wildman–Crippen MR) is 344 cm³/mol. The summed E-state index contributed by atoms with van der Waals surface area (Å²) in [5.74, 6) is -3.66. The summed E-state index contributed by atoms with van der Waals surface area (Å²) in [5, 5.41) is 40.9. The van der Waals surface area contributed by atoms with Crippen LogP contribution >= 0.6 is 0 Å². The van der Waals surface area contributed by atoms with E-state index in [4.69, 9.17) is 0 Å². The van der Waals surface area contributed by atoms with Gasteiger partial charge in [0.15, 0.2) is 0 Å². The van der Waals surface area contributed by atoms with E-state index < -0.39 is 23.9 Å². The van der Waals surface area contributed by atoms with Crippen molar-refractivity contribution >= 4 is 47.8 Å². The normalized spacial score (nSPS) is 11.1. The Kier molecular flexibility index (Phi) is 90.8.